The Balaban J connectivity index is 1.38. The molecular weight excluding hydrogens is 428 g/mol. The van der Waals surface area contributed by atoms with Gasteiger partial charge in [0.25, 0.3) is 5.91 Å². The van der Waals surface area contributed by atoms with Gasteiger partial charge in [-0.1, -0.05) is 12.1 Å². The molecule has 1 N–H and O–H groups in total. The normalized spacial score (nSPS) is 16.2. The van der Waals surface area contributed by atoms with E-state index in [0.29, 0.717) is 6.54 Å². The number of carbonyl (C=O) groups is 1. The third-order valence-electron chi connectivity index (χ3n) is 6.23. The maximum absolute atomic E-state index is 12.7. The summed E-state index contributed by atoms with van der Waals surface area (Å²) in [5, 5.41) is 3.41. The van der Waals surface area contributed by atoms with Crippen LogP contribution in [0.25, 0.3) is 11.1 Å². The fourth-order valence-electron chi connectivity index (χ4n) is 4.57. The van der Waals surface area contributed by atoms with Crippen LogP contribution in [0.3, 0.4) is 0 Å². The molecule has 0 unspecified atom stereocenters. The Bertz CT molecular complexity index is 1170. The second-order valence-electron chi connectivity index (χ2n) is 8.90. The van der Waals surface area contributed by atoms with Gasteiger partial charge in [0, 0.05) is 38.1 Å². The van der Waals surface area contributed by atoms with Gasteiger partial charge in [0.15, 0.2) is 6.61 Å². The van der Waals surface area contributed by atoms with Crippen molar-refractivity contribution in [1.29, 1.82) is 0 Å². The lowest BCUT2D eigenvalue weighted by atomic mass is 10.0. The van der Waals surface area contributed by atoms with E-state index in [0.717, 1.165) is 66.9 Å². The summed E-state index contributed by atoms with van der Waals surface area (Å²) in [5.74, 6) is 1.51. The summed E-state index contributed by atoms with van der Waals surface area (Å²) in [6, 6.07) is 16.4. The fraction of sp³-hybridized carbons (Fsp3) is 0.333. The van der Waals surface area contributed by atoms with Crippen LogP contribution >= 0.6 is 0 Å². The van der Waals surface area contributed by atoms with E-state index in [9.17, 15) is 4.79 Å². The first-order chi connectivity index (χ1) is 16.5. The topological polar surface area (TPSA) is 66.9 Å². The quantitative estimate of drug-likeness (QED) is 0.598. The molecule has 1 saturated heterocycles. The number of hydrogen-bond donors (Lipinski definition) is 1. The molecule has 0 atom stereocenters. The van der Waals surface area contributed by atoms with Crippen LogP contribution in [0.5, 0.6) is 5.75 Å². The molecule has 2 aliphatic heterocycles. The summed E-state index contributed by atoms with van der Waals surface area (Å²) >= 11 is 0. The standard InChI is InChI=1S/C27H30N4O3/c1-19-13-20(2)15-23(14-19)29-26-17-22(5-6-28-26)21-3-4-25-24(16-21)31(27(32)18-34-25)8-7-30-9-11-33-12-10-30/h3-6,13-17H,7-12,18H2,1-2H3,(H,28,29). The largest absolute Gasteiger partial charge is 0.482 e. The zero-order valence-corrected chi connectivity index (χ0v) is 19.7. The van der Waals surface area contributed by atoms with E-state index in [4.69, 9.17) is 9.47 Å². The Kier molecular flexibility index (Phi) is 6.47. The summed E-state index contributed by atoms with van der Waals surface area (Å²) in [6.07, 6.45) is 1.80. The van der Waals surface area contributed by atoms with Crippen molar-refractivity contribution in [2.75, 3.05) is 56.2 Å². The number of carbonyl (C=O) groups excluding carboxylic acids is 1. The van der Waals surface area contributed by atoms with E-state index >= 15 is 0 Å². The smallest absolute Gasteiger partial charge is 0.265 e. The van der Waals surface area contributed by atoms with Gasteiger partial charge in [-0.25, -0.2) is 4.98 Å². The molecule has 3 aromatic rings. The minimum atomic E-state index is -0.00943. The molecular formula is C27H30N4O3. The molecule has 0 bridgehead atoms. The summed E-state index contributed by atoms with van der Waals surface area (Å²) in [7, 11) is 0. The average molecular weight is 459 g/mol. The summed E-state index contributed by atoms with van der Waals surface area (Å²) in [6.45, 7) is 9.00. The lowest BCUT2D eigenvalue weighted by molar-refractivity contribution is -0.121. The zero-order valence-electron chi connectivity index (χ0n) is 19.7. The van der Waals surface area contributed by atoms with Crippen molar-refractivity contribution < 1.29 is 14.3 Å². The molecule has 0 spiro atoms. The highest BCUT2D eigenvalue weighted by Gasteiger charge is 2.26. The van der Waals surface area contributed by atoms with Crippen LogP contribution in [0.15, 0.2) is 54.7 Å². The van der Waals surface area contributed by atoms with Crippen LogP contribution in [0, 0.1) is 13.8 Å². The van der Waals surface area contributed by atoms with Gasteiger partial charge in [0.2, 0.25) is 0 Å². The SMILES string of the molecule is Cc1cc(C)cc(Nc2cc(-c3ccc4c(c3)N(CCN3CCOCC3)C(=O)CO4)ccn2)c1. The maximum atomic E-state index is 12.7. The summed E-state index contributed by atoms with van der Waals surface area (Å²) in [4.78, 5) is 21.4. The molecule has 0 saturated carbocycles. The molecule has 2 aliphatic rings. The Morgan fingerprint density at radius 3 is 2.50 bits per heavy atom. The number of hydrogen-bond acceptors (Lipinski definition) is 6. The van der Waals surface area contributed by atoms with Gasteiger partial charge in [-0.05, 0) is 72.5 Å². The number of morpholine rings is 1. The molecule has 1 fully saturated rings. The predicted octanol–water partition coefficient (Wildman–Crippen LogP) is 4.17. The second kappa shape index (κ2) is 9.83. The molecule has 0 radical (unpaired) electrons. The number of nitrogens with zero attached hydrogens (tertiary/aromatic N) is 3. The van der Waals surface area contributed by atoms with E-state index in [-0.39, 0.29) is 12.5 Å². The molecule has 3 heterocycles. The molecule has 2 aromatic carbocycles. The van der Waals surface area contributed by atoms with Crippen molar-refractivity contribution >= 4 is 23.1 Å². The van der Waals surface area contributed by atoms with E-state index < -0.39 is 0 Å². The molecule has 176 valence electrons. The number of rotatable bonds is 6. The lowest BCUT2D eigenvalue weighted by Gasteiger charge is -2.33. The fourth-order valence-corrected chi connectivity index (χ4v) is 4.57. The number of ether oxygens (including phenoxy) is 2. The van der Waals surface area contributed by atoms with Crippen LogP contribution < -0.4 is 15.0 Å². The van der Waals surface area contributed by atoms with E-state index in [1.54, 1.807) is 6.20 Å². The number of fused-ring (bicyclic) bond motifs is 1. The highest BCUT2D eigenvalue weighted by atomic mass is 16.5. The van der Waals surface area contributed by atoms with Gasteiger partial charge in [0.1, 0.15) is 11.6 Å². The van der Waals surface area contributed by atoms with Crippen molar-refractivity contribution in [2.45, 2.75) is 13.8 Å². The number of aromatic nitrogens is 1. The van der Waals surface area contributed by atoms with E-state index in [1.165, 1.54) is 11.1 Å². The van der Waals surface area contributed by atoms with Crippen molar-refractivity contribution in [3.63, 3.8) is 0 Å². The Labute approximate surface area is 200 Å². The number of anilines is 3. The number of amides is 1. The highest BCUT2D eigenvalue weighted by molar-refractivity contribution is 5.98. The molecule has 1 aromatic heterocycles. The Morgan fingerprint density at radius 1 is 0.941 bits per heavy atom. The second-order valence-corrected chi connectivity index (χ2v) is 8.90. The van der Waals surface area contributed by atoms with Gasteiger partial charge < -0.3 is 19.7 Å². The van der Waals surface area contributed by atoms with Crippen molar-refractivity contribution in [1.82, 2.24) is 9.88 Å². The van der Waals surface area contributed by atoms with Crippen molar-refractivity contribution in [3.05, 3.63) is 65.9 Å². The first-order valence-corrected chi connectivity index (χ1v) is 11.7. The van der Waals surface area contributed by atoms with Crippen LogP contribution in [-0.2, 0) is 9.53 Å². The van der Waals surface area contributed by atoms with Crippen molar-refractivity contribution in [2.24, 2.45) is 0 Å². The van der Waals surface area contributed by atoms with Gasteiger partial charge in [-0.3, -0.25) is 9.69 Å². The Hall–Kier alpha value is -3.42. The lowest BCUT2D eigenvalue weighted by Crippen LogP contribution is -2.45. The third-order valence-corrected chi connectivity index (χ3v) is 6.23. The number of pyridine rings is 1. The minimum absolute atomic E-state index is 0.00943. The third kappa shape index (κ3) is 5.05. The average Bonchev–Trinajstić information content (AvgIpc) is 2.83. The molecule has 7 nitrogen and oxygen atoms in total. The van der Waals surface area contributed by atoms with Gasteiger partial charge in [0.05, 0.1) is 18.9 Å². The van der Waals surface area contributed by atoms with Gasteiger partial charge in [-0.15, -0.1) is 0 Å². The summed E-state index contributed by atoms with van der Waals surface area (Å²) in [5.41, 5.74) is 6.28. The number of benzene rings is 2. The van der Waals surface area contributed by atoms with Crippen LogP contribution in [0.2, 0.25) is 0 Å². The molecule has 34 heavy (non-hydrogen) atoms. The zero-order chi connectivity index (χ0) is 23.5. The molecule has 5 rings (SSSR count). The monoisotopic (exact) mass is 458 g/mol. The molecule has 1 amide bonds. The molecule has 7 heteroatoms. The van der Waals surface area contributed by atoms with E-state index in [1.807, 2.05) is 35.2 Å². The maximum Gasteiger partial charge on any atom is 0.265 e. The van der Waals surface area contributed by atoms with Crippen LogP contribution in [0.4, 0.5) is 17.2 Å². The Morgan fingerprint density at radius 2 is 1.71 bits per heavy atom. The number of nitrogens with one attached hydrogen (secondary N) is 1. The first kappa shape index (κ1) is 22.4. The van der Waals surface area contributed by atoms with E-state index in [2.05, 4.69) is 47.2 Å². The predicted molar refractivity (Wildman–Crippen MR) is 134 cm³/mol. The van der Waals surface area contributed by atoms with Gasteiger partial charge in [-0.2, -0.15) is 0 Å². The summed E-state index contributed by atoms with van der Waals surface area (Å²) < 4.78 is 11.2. The van der Waals surface area contributed by atoms with Gasteiger partial charge >= 0.3 is 0 Å². The molecule has 0 aliphatic carbocycles. The van der Waals surface area contributed by atoms with Crippen molar-refractivity contribution in [3.8, 4) is 16.9 Å². The highest BCUT2D eigenvalue weighted by Crippen LogP contribution is 2.36. The minimum Gasteiger partial charge on any atom is -0.482 e. The number of aryl methyl sites for hydroxylation is 2. The van der Waals surface area contributed by atoms with Crippen LogP contribution in [-0.4, -0.2) is 61.8 Å². The van der Waals surface area contributed by atoms with Crippen LogP contribution in [0.1, 0.15) is 11.1 Å². The first-order valence-electron chi connectivity index (χ1n) is 11.7.